The van der Waals surface area contributed by atoms with Crippen LogP contribution in [0.3, 0.4) is 0 Å². The van der Waals surface area contributed by atoms with Gasteiger partial charge in [-0.15, -0.1) is 0 Å². The van der Waals surface area contributed by atoms with Crippen molar-refractivity contribution in [2.45, 2.75) is 31.5 Å². The minimum atomic E-state index is -0.977. The van der Waals surface area contributed by atoms with Crippen molar-refractivity contribution in [3.63, 3.8) is 0 Å². The summed E-state index contributed by atoms with van der Waals surface area (Å²) in [7, 11) is 0. The topological polar surface area (TPSA) is 83.6 Å². The van der Waals surface area contributed by atoms with E-state index in [4.69, 9.17) is 5.73 Å². The smallest absolute Gasteiger partial charge is 0.326 e. The number of thioether (sulfide) groups is 1. The lowest BCUT2D eigenvalue weighted by Crippen LogP contribution is -2.53. The third kappa shape index (κ3) is 3.57. The standard InChI is InChI=1S/C15H20N2O3S/c1-21-7-6-12(16)14(18)17-9-11-5-3-2-4-10(11)8-13(17)15(19)20/h2-5,12-13H,6-9,16H2,1H3,(H,19,20)/t12?,13-/m0/s1. The second-order valence-electron chi connectivity index (χ2n) is 5.18. The number of carbonyl (C=O) groups is 2. The first-order valence-electron chi connectivity index (χ1n) is 6.89. The third-order valence-electron chi connectivity index (χ3n) is 3.77. The first-order chi connectivity index (χ1) is 10.0. The first-order valence-corrected chi connectivity index (χ1v) is 8.28. The number of carboxylic acids is 1. The quantitative estimate of drug-likeness (QED) is 0.851. The second-order valence-corrected chi connectivity index (χ2v) is 6.17. The molecule has 0 saturated carbocycles. The molecule has 0 fully saturated rings. The summed E-state index contributed by atoms with van der Waals surface area (Å²) < 4.78 is 0. The molecule has 1 aliphatic rings. The van der Waals surface area contributed by atoms with Crippen LogP contribution in [0.25, 0.3) is 0 Å². The Morgan fingerprint density at radius 2 is 2.10 bits per heavy atom. The van der Waals surface area contributed by atoms with Crippen molar-refractivity contribution in [3.05, 3.63) is 35.4 Å². The van der Waals surface area contributed by atoms with E-state index in [0.29, 0.717) is 19.4 Å². The Morgan fingerprint density at radius 1 is 1.43 bits per heavy atom. The summed E-state index contributed by atoms with van der Waals surface area (Å²) in [6.07, 6.45) is 2.85. The highest BCUT2D eigenvalue weighted by Gasteiger charge is 2.36. The van der Waals surface area contributed by atoms with Crippen LogP contribution in [0.2, 0.25) is 0 Å². The third-order valence-corrected chi connectivity index (χ3v) is 4.41. The van der Waals surface area contributed by atoms with Crippen LogP contribution < -0.4 is 5.73 Å². The van der Waals surface area contributed by atoms with E-state index in [9.17, 15) is 14.7 Å². The largest absolute Gasteiger partial charge is 0.480 e. The predicted octanol–water partition coefficient (Wildman–Crippen LogP) is 1.10. The van der Waals surface area contributed by atoms with Gasteiger partial charge < -0.3 is 15.7 Å². The monoisotopic (exact) mass is 308 g/mol. The number of amides is 1. The number of nitrogens with zero attached hydrogens (tertiary/aromatic N) is 1. The van der Waals surface area contributed by atoms with Crippen molar-refractivity contribution in [2.24, 2.45) is 5.73 Å². The molecule has 1 unspecified atom stereocenters. The Kier molecular flexibility index (Phi) is 5.25. The molecule has 1 amide bonds. The van der Waals surface area contributed by atoms with Gasteiger partial charge in [0, 0.05) is 13.0 Å². The van der Waals surface area contributed by atoms with Crippen molar-refractivity contribution in [1.82, 2.24) is 4.90 Å². The summed E-state index contributed by atoms with van der Waals surface area (Å²) in [4.78, 5) is 25.3. The number of nitrogens with two attached hydrogens (primary N) is 1. The zero-order valence-electron chi connectivity index (χ0n) is 12.0. The molecule has 2 rings (SSSR count). The minimum absolute atomic E-state index is 0.272. The SMILES string of the molecule is CSCCC(N)C(=O)N1Cc2ccccc2C[C@H]1C(=O)O. The molecule has 1 aliphatic heterocycles. The van der Waals surface area contributed by atoms with Gasteiger partial charge in [0.1, 0.15) is 6.04 Å². The number of benzene rings is 1. The van der Waals surface area contributed by atoms with Gasteiger partial charge in [0.15, 0.2) is 0 Å². The molecule has 1 aromatic carbocycles. The molecule has 1 heterocycles. The highest BCUT2D eigenvalue weighted by atomic mass is 32.2. The van der Waals surface area contributed by atoms with Gasteiger partial charge >= 0.3 is 5.97 Å². The van der Waals surface area contributed by atoms with E-state index in [0.717, 1.165) is 16.9 Å². The molecule has 2 atom stereocenters. The molecule has 0 radical (unpaired) electrons. The Hall–Kier alpha value is -1.53. The number of carbonyl (C=O) groups excluding carboxylic acids is 1. The van der Waals surface area contributed by atoms with Gasteiger partial charge in [-0.2, -0.15) is 11.8 Å². The average molecular weight is 308 g/mol. The van der Waals surface area contributed by atoms with E-state index in [-0.39, 0.29) is 5.91 Å². The van der Waals surface area contributed by atoms with Gasteiger partial charge in [0.05, 0.1) is 6.04 Å². The molecule has 21 heavy (non-hydrogen) atoms. The number of fused-ring (bicyclic) bond motifs is 1. The minimum Gasteiger partial charge on any atom is -0.480 e. The van der Waals surface area contributed by atoms with Crippen LogP contribution >= 0.6 is 11.8 Å². The summed E-state index contributed by atoms with van der Waals surface area (Å²) in [5.41, 5.74) is 7.91. The lowest BCUT2D eigenvalue weighted by molar-refractivity contribution is -0.152. The highest BCUT2D eigenvalue weighted by molar-refractivity contribution is 7.98. The maximum Gasteiger partial charge on any atom is 0.326 e. The molecule has 0 spiro atoms. The van der Waals surface area contributed by atoms with E-state index >= 15 is 0 Å². The van der Waals surface area contributed by atoms with Crippen molar-refractivity contribution in [2.75, 3.05) is 12.0 Å². The molecule has 6 heteroatoms. The molecular weight excluding hydrogens is 288 g/mol. The highest BCUT2D eigenvalue weighted by Crippen LogP contribution is 2.24. The molecule has 5 nitrogen and oxygen atoms in total. The molecule has 0 aliphatic carbocycles. The Morgan fingerprint density at radius 3 is 2.71 bits per heavy atom. The lowest BCUT2D eigenvalue weighted by Gasteiger charge is -2.35. The van der Waals surface area contributed by atoms with Gasteiger partial charge in [-0.1, -0.05) is 24.3 Å². The van der Waals surface area contributed by atoms with Crippen molar-refractivity contribution >= 4 is 23.6 Å². The van der Waals surface area contributed by atoms with E-state index in [1.165, 1.54) is 4.90 Å². The molecule has 3 N–H and O–H groups in total. The zero-order chi connectivity index (χ0) is 15.4. The van der Waals surface area contributed by atoms with Crippen molar-refractivity contribution < 1.29 is 14.7 Å². The van der Waals surface area contributed by atoms with Crippen molar-refractivity contribution in [1.29, 1.82) is 0 Å². The molecule has 114 valence electrons. The Labute approximate surface area is 128 Å². The summed E-state index contributed by atoms with van der Waals surface area (Å²) in [5, 5.41) is 9.40. The fourth-order valence-electron chi connectivity index (χ4n) is 2.56. The maximum atomic E-state index is 12.5. The van der Waals surface area contributed by atoms with Gasteiger partial charge in [-0.25, -0.2) is 4.79 Å². The van der Waals surface area contributed by atoms with E-state index in [2.05, 4.69) is 0 Å². The number of hydrogen-bond donors (Lipinski definition) is 2. The number of carboxylic acid groups (broad SMARTS) is 1. The van der Waals surface area contributed by atoms with E-state index < -0.39 is 18.1 Å². The lowest BCUT2D eigenvalue weighted by atomic mass is 9.93. The molecule has 0 aromatic heterocycles. The molecule has 0 bridgehead atoms. The Bertz CT molecular complexity index is 535. The van der Waals surface area contributed by atoms with Crippen LogP contribution in [0.5, 0.6) is 0 Å². The zero-order valence-corrected chi connectivity index (χ0v) is 12.8. The van der Waals surface area contributed by atoms with Gasteiger partial charge in [-0.05, 0) is 29.6 Å². The summed E-state index contributed by atoms with van der Waals surface area (Å²) in [5.74, 6) is -0.462. The van der Waals surface area contributed by atoms with Crippen LogP contribution in [-0.4, -0.2) is 46.0 Å². The fourth-order valence-corrected chi connectivity index (χ4v) is 3.05. The van der Waals surface area contributed by atoms with Crippen LogP contribution in [0.4, 0.5) is 0 Å². The number of hydrogen-bond acceptors (Lipinski definition) is 4. The van der Waals surface area contributed by atoms with Crippen LogP contribution in [0.1, 0.15) is 17.5 Å². The van der Waals surface area contributed by atoms with E-state index in [1.54, 1.807) is 11.8 Å². The molecule has 1 aromatic rings. The van der Waals surface area contributed by atoms with Gasteiger partial charge in [0.2, 0.25) is 5.91 Å². The first kappa shape index (κ1) is 15.9. The predicted molar refractivity (Wildman–Crippen MR) is 83.1 cm³/mol. The normalized spacial score (nSPS) is 19.0. The van der Waals surface area contributed by atoms with Crippen LogP contribution in [-0.2, 0) is 22.6 Å². The second kappa shape index (κ2) is 6.95. The fraction of sp³-hybridized carbons (Fsp3) is 0.467. The Balaban J connectivity index is 2.20. The van der Waals surface area contributed by atoms with Crippen LogP contribution in [0, 0.1) is 0 Å². The molecule has 0 saturated heterocycles. The van der Waals surface area contributed by atoms with Gasteiger partial charge in [-0.3, -0.25) is 4.79 Å². The summed E-state index contributed by atoms with van der Waals surface area (Å²) in [6.45, 7) is 0.318. The average Bonchev–Trinajstić information content (AvgIpc) is 2.50. The number of aliphatic carboxylic acids is 1. The van der Waals surface area contributed by atoms with Crippen LogP contribution in [0.15, 0.2) is 24.3 Å². The summed E-state index contributed by atoms with van der Waals surface area (Å²) in [6, 6.07) is 6.18. The van der Waals surface area contributed by atoms with E-state index in [1.807, 2.05) is 30.5 Å². The summed E-state index contributed by atoms with van der Waals surface area (Å²) >= 11 is 1.62. The number of rotatable bonds is 5. The molecular formula is C15H20N2O3S. The maximum absolute atomic E-state index is 12.5. The van der Waals surface area contributed by atoms with Gasteiger partial charge in [0.25, 0.3) is 0 Å². The van der Waals surface area contributed by atoms with Crippen molar-refractivity contribution in [3.8, 4) is 0 Å².